The zero-order chi connectivity index (χ0) is 15.8. The van der Waals surface area contributed by atoms with Gasteiger partial charge in [-0.3, -0.25) is 4.68 Å². The number of benzene rings is 1. The molecule has 0 atom stereocenters. The van der Waals surface area contributed by atoms with E-state index in [0.717, 1.165) is 6.07 Å². The zero-order valence-corrected chi connectivity index (χ0v) is 12.7. The number of anilines is 1. The second kappa shape index (κ2) is 5.41. The molecule has 0 saturated heterocycles. The summed E-state index contributed by atoms with van der Waals surface area (Å²) in [4.78, 5) is 3.91. The summed E-state index contributed by atoms with van der Waals surface area (Å²) in [5.74, 6) is -0.290. The quantitative estimate of drug-likeness (QED) is 0.806. The van der Waals surface area contributed by atoms with E-state index >= 15 is 0 Å². The lowest BCUT2D eigenvalue weighted by atomic mass is 10.1. The molecule has 0 aliphatic heterocycles. The molecule has 1 aromatic carbocycles. The number of nitrogens with zero attached hydrogens (tertiary/aromatic N) is 3. The van der Waals surface area contributed by atoms with Gasteiger partial charge < -0.3 is 5.73 Å². The van der Waals surface area contributed by atoms with Crippen LogP contribution < -0.4 is 10.5 Å². The molecule has 0 saturated carbocycles. The Morgan fingerprint density at radius 3 is 2.67 bits per heavy atom. The minimum Gasteiger partial charge on any atom is -0.396 e. The van der Waals surface area contributed by atoms with E-state index in [1.54, 1.807) is 7.05 Å². The summed E-state index contributed by atoms with van der Waals surface area (Å²) in [6, 6.07) is 1.11. The predicted molar refractivity (Wildman–Crippen MR) is 75.3 cm³/mol. The molecule has 1 aromatic heterocycles. The molecule has 2 aromatic rings. The number of aromatic nitrogens is 3. The minimum atomic E-state index is -3.84. The maximum Gasteiger partial charge on any atom is 0.241 e. The third kappa shape index (κ3) is 3.03. The van der Waals surface area contributed by atoms with E-state index in [1.165, 1.54) is 24.9 Å². The number of hydrogen-bond donors (Lipinski definition) is 2. The Kier molecular flexibility index (Phi) is 3.97. The van der Waals surface area contributed by atoms with E-state index in [0.29, 0.717) is 11.4 Å². The van der Waals surface area contributed by atoms with Gasteiger partial charge in [0.05, 0.1) is 17.1 Å². The maximum absolute atomic E-state index is 13.5. The van der Waals surface area contributed by atoms with Gasteiger partial charge in [-0.1, -0.05) is 0 Å². The van der Waals surface area contributed by atoms with Gasteiger partial charge in [-0.15, -0.1) is 0 Å². The lowest BCUT2D eigenvalue weighted by Gasteiger charge is -2.13. The average molecular weight is 313 g/mol. The van der Waals surface area contributed by atoms with Crippen molar-refractivity contribution in [3.8, 4) is 0 Å². The van der Waals surface area contributed by atoms with Crippen LogP contribution in [0.15, 0.2) is 17.3 Å². The monoisotopic (exact) mass is 313 g/mol. The highest BCUT2D eigenvalue weighted by molar-refractivity contribution is 7.89. The molecule has 9 heteroatoms. The summed E-state index contributed by atoms with van der Waals surface area (Å²) in [7, 11) is -2.16. The van der Waals surface area contributed by atoms with Crippen LogP contribution in [0.4, 0.5) is 10.1 Å². The lowest BCUT2D eigenvalue weighted by Crippen LogP contribution is -2.26. The maximum atomic E-state index is 13.5. The van der Waals surface area contributed by atoms with Gasteiger partial charge in [0.25, 0.3) is 0 Å². The van der Waals surface area contributed by atoms with Gasteiger partial charge in [0.15, 0.2) is 5.82 Å². The molecule has 0 fully saturated rings. The first-order valence-corrected chi connectivity index (χ1v) is 7.60. The summed E-state index contributed by atoms with van der Waals surface area (Å²) in [6.45, 7) is 2.93. The van der Waals surface area contributed by atoms with Crippen LogP contribution in [0.3, 0.4) is 0 Å². The van der Waals surface area contributed by atoms with E-state index in [1.807, 2.05) is 0 Å². The fourth-order valence-electron chi connectivity index (χ4n) is 2.04. The molecular weight excluding hydrogens is 297 g/mol. The van der Waals surface area contributed by atoms with Crippen molar-refractivity contribution < 1.29 is 12.8 Å². The molecule has 114 valence electrons. The Labute approximate surface area is 122 Å². The van der Waals surface area contributed by atoms with Crippen LogP contribution >= 0.6 is 0 Å². The lowest BCUT2D eigenvalue weighted by molar-refractivity contribution is 0.576. The van der Waals surface area contributed by atoms with Gasteiger partial charge >= 0.3 is 0 Å². The highest BCUT2D eigenvalue weighted by Gasteiger charge is 2.23. The topological polar surface area (TPSA) is 103 Å². The van der Waals surface area contributed by atoms with Crippen molar-refractivity contribution in [2.75, 3.05) is 5.73 Å². The van der Waals surface area contributed by atoms with Crippen LogP contribution in [0.2, 0.25) is 0 Å². The number of nitrogens with one attached hydrogen (secondary N) is 1. The minimum absolute atomic E-state index is 0.0164. The number of nitrogen functional groups attached to an aromatic ring is 1. The Bertz CT molecular complexity index is 785. The van der Waals surface area contributed by atoms with Crippen molar-refractivity contribution in [2.24, 2.45) is 7.05 Å². The summed E-state index contributed by atoms with van der Waals surface area (Å²) in [5.41, 5.74) is 5.88. The molecule has 0 unspecified atom stereocenters. The first kappa shape index (κ1) is 15.4. The van der Waals surface area contributed by atoms with Gasteiger partial charge in [-0.25, -0.2) is 22.5 Å². The normalized spacial score (nSPS) is 11.8. The van der Waals surface area contributed by atoms with E-state index < -0.39 is 15.8 Å². The molecular formula is C12H16FN5O2S. The summed E-state index contributed by atoms with van der Waals surface area (Å²) in [6.07, 6.45) is 1.47. The molecule has 0 radical (unpaired) electrons. The van der Waals surface area contributed by atoms with Crippen molar-refractivity contribution >= 4 is 15.7 Å². The first-order valence-electron chi connectivity index (χ1n) is 6.11. The van der Waals surface area contributed by atoms with Crippen LogP contribution in [0.1, 0.15) is 17.0 Å². The molecule has 3 N–H and O–H groups in total. The molecule has 0 bridgehead atoms. The molecule has 7 nitrogen and oxygen atoms in total. The number of nitrogens with two attached hydrogens (primary N) is 1. The number of rotatable bonds is 4. The van der Waals surface area contributed by atoms with E-state index in [2.05, 4.69) is 14.8 Å². The second-order valence-electron chi connectivity index (χ2n) is 4.70. The smallest absolute Gasteiger partial charge is 0.241 e. The van der Waals surface area contributed by atoms with Crippen molar-refractivity contribution in [3.63, 3.8) is 0 Å². The van der Waals surface area contributed by atoms with Gasteiger partial charge in [-0.2, -0.15) is 5.10 Å². The largest absolute Gasteiger partial charge is 0.396 e. The Hall–Kier alpha value is -2.00. The van der Waals surface area contributed by atoms with Gasteiger partial charge in [-0.05, 0) is 31.0 Å². The van der Waals surface area contributed by atoms with Gasteiger partial charge in [0.1, 0.15) is 12.1 Å². The van der Waals surface area contributed by atoms with Crippen LogP contribution in [-0.4, -0.2) is 23.2 Å². The van der Waals surface area contributed by atoms with Gasteiger partial charge in [0.2, 0.25) is 10.0 Å². The highest BCUT2D eigenvalue weighted by Crippen LogP contribution is 2.27. The van der Waals surface area contributed by atoms with Crippen molar-refractivity contribution in [1.29, 1.82) is 0 Å². The number of halogens is 1. The fraction of sp³-hybridized carbons (Fsp3) is 0.333. The highest BCUT2D eigenvalue weighted by atomic mass is 32.2. The third-order valence-electron chi connectivity index (χ3n) is 3.04. The molecule has 0 aliphatic rings. The molecule has 0 aliphatic carbocycles. The van der Waals surface area contributed by atoms with Crippen LogP contribution in [-0.2, 0) is 23.6 Å². The van der Waals surface area contributed by atoms with Crippen molar-refractivity contribution in [1.82, 2.24) is 19.5 Å². The van der Waals surface area contributed by atoms with E-state index in [4.69, 9.17) is 5.73 Å². The Morgan fingerprint density at radius 1 is 1.43 bits per heavy atom. The first-order chi connectivity index (χ1) is 9.72. The second-order valence-corrected chi connectivity index (χ2v) is 6.41. The van der Waals surface area contributed by atoms with Crippen LogP contribution in [0.25, 0.3) is 0 Å². The average Bonchev–Trinajstić information content (AvgIpc) is 2.79. The standard InChI is InChI=1S/C12H16FN5O2S/c1-7-4-9(13)11(14)8(2)12(7)21(19,20)16-5-10-15-6-18(3)17-10/h4,6,16H,5,14H2,1-3H3. The van der Waals surface area contributed by atoms with Crippen LogP contribution in [0.5, 0.6) is 0 Å². The zero-order valence-electron chi connectivity index (χ0n) is 11.9. The molecule has 0 amide bonds. The number of hydrogen-bond acceptors (Lipinski definition) is 5. The van der Waals surface area contributed by atoms with Gasteiger partial charge in [0, 0.05) is 7.05 Å². The van der Waals surface area contributed by atoms with Crippen molar-refractivity contribution in [3.05, 3.63) is 35.2 Å². The molecule has 0 spiro atoms. The molecule has 1 heterocycles. The van der Waals surface area contributed by atoms with E-state index in [9.17, 15) is 12.8 Å². The SMILES string of the molecule is Cc1cc(F)c(N)c(C)c1S(=O)(=O)NCc1ncn(C)n1. The predicted octanol–water partition coefficient (Wildman–Crippen LogP) is 0.632. The summed E-state index contributed by atoms with van der Waals surface area (Å²) >= 11 is 0. The van der Waals surface area contributed by atoms with E-state index in [-0.39, 0.29) is 22.7 Å². The third-order valence-corrected chi connectivity index (χ3v) is 4.73. The van der Waals surface area contributed by atoms with Crippen LogP contribution in [0, 0.1) is 19.7 Å². The Balaban J connectivity index is 2.34. The fourth-order valence-corrected chi connectivity index (χ4v) is 3.50. The van der Waals surface area contributed by atoms with Crippen molar-refractivity contribution in [2.45, 2.75) is 25.3 Å². The number of sulfonamides is 1. The molecule has 2 rings (SSSR count). The summed E-state index contributed by atoms with van der Waals surface area (Å²) < 4.78 is 42.1. The number of aryl methyl sites for hydroxylation is 2. The molecule has 21 heavy (non-hydrogen) atoms. The summed E-state index contributed by atoms with van der Waals surface area (Å²) in [5, 5.41) is 3.98. The Morgan fingerprint density at radius 2 is 2.10 bits per heavy atom.